The molecule has 0 heterocycles. The molecule has 0 aliphatic rings. The van der Waals surface area contributed by atoms with Crippen LogP contribution >= 0.6 is 7.82 Å². The Hall–Kier alpha value is -1.54. The Balaban J connectivity index is 3.95. The predicted molar refractivity (Wildman–Crippen MR) is 247 cm³/mol. The molecule has 2 atom stereocenters. The summed E-state index contributed by atoms with van der Waals surface area (Å²) in [6.45, 7) is 4.88. The lowest BCUT2D eigenvalue weighted by molar-refractivity contribution is -0.154. The van der Waals surface area contributed by atoms with Crippen molar-refractivity contribution in [3.05, 3.63) is 48.6 Å². The second-order valence-electron chi connectivity index (χ2n) is 16.0. The van der Waals surface area contributed by atoms with Gasteiger partial charge in [0.15, 0.2) is 0 Å². The molecule has 58 heavy (non-hydrogen) atoms. The fourth-order valence-electron chi connectivity index (χ4n) is 6.65. The number of phosphoric acid groups is 1. The van der Waals surface area contributed by atoms with Gasteiger partial charge in [0, 0.05) is 19.6 Å². The number of carbonyl (C=O) groups is 1. The van der Waals surface area contributed by atoms with Crippen molar-refractivity contribution in [2.45, 2.75) is 225 Å². The van der Waals surface area contributed by atoms with Gasteiger partial charge < -0.3 is 20.1 Å². The Morgan fingerprint density at radius 3 is 1.38 bits per heavy atom. The van der Waals surface area contributed by atoms with E-state index in [-0.39, 0.29) is 32.3 Å². The Kier molecular flexibility index (Phi) is 45.3. The summed E-state index contributed by atoms with van der Waals surface area (Å²) in [5.74, 6) is -0.344. The maximum Gasteiger partial charge on any atom is 0.472 e. The SMILES string of the molecule is CCCCC/C=C\C/C=C\CCCCCCCC(=O)OC(COCCCCCCCCCCCCCC/C=C\C/C=C\CCCCCCC)COP(=O)(O)OCCN. The number of phosphoric ester groups is 1. The lowest BCUT2D eigenvalue weighted by atomic mass is 10.0. The maximum atomic E-state index is 12.6. The van der Waals surface area contributed by atoms with Crippen molar-refractivity contribution in [3.63, 3.8) is 0 Å². The quantitative estimate of drug-likeness (QED) is 0.0269. The number of ether oxygens (including phenoxy) is 2. The zero-order chi connectivity index (χ0) is 42.3. The Labute approximate surface area is 358 Å². The van der Waals surface area contributed by atoms with E-state index in [0.29, 0.717) is 13.0 Å². The first-order chi connectivity index (χ1) is 28.4. The van der Waals surface area contributed by atoms with Gasteiger partial charge in [-0.25, -0.2) is 4.57 Å². The first kappa shape index (κ1) is 56.5. The predicted octanol–water partition coefficient (Wildman–Crippen LogP) is 14.8. The highest BCUT2D eigenvalue weighted by atomic mass is 31.2. The van der Waals surface area contributed by atoms with Crippen LogP contribution in [0.5, 0.6) is 0 Å². The minimum absolute atomic E-state index is 0.0968. The second kappa shape index (κ2) is 46.5. The molecule has 0 saturated carbocycles. The Bertz CT molecular complexity index is 1030. The molecule has 0 aliphatic carbocycles. The van der Waals surface area contributed by atoms with Crippen LogP contribution in [0.25, 0.3) is 0 Å². The van der Waals surface area contributed by atoms with Crippen LogP contribution in [0.1, 0.15) is 219 Å². The van der Waals surface area contributed by atoms with Gasteiger partial charge in [0.05, 0.1) is 19.8 Å². The smallest absolute Gasteiger partial charge is 0.457 e. The molecule has 0 aromatic carbocycles. The number of carbonyl (C=O) groups excluding carboxylic acids is 1. The van der Waals surface area contributed by atoms with Crippen LogP contribution in [-0.2, 0) is 27.9 Å². The fourth-order valence-corrected chi connectivity index (χ4v) is 7.41. The van der Waals surface area contributed by atoms with Gasteiger partial charge in [-0.05, 0) is 77.0 Å². The van der Waals surface area contributed by atoms with Crippen molar-refractivity contribution in [3.8, 4) is 0 Å². The van der Waals surface area contributed by atoms with Crippen LogP contribution in [0.2, 0.25) is 0 Å². The average Bonchev–Trinajstić information content (AvgIpc) is 3.21. The van der Waals surface area contributed by atoms with E-state index < -0.39 is 13.9 Å². The zero-order valence-corrected chi connectivity index (χ0v) is 38.7. The highest BCUT2D eigenvalue weighted by Crippen LogP contribution is 2.43. The lowest BCUT2D eigenvalue weighted by Gasteiger charge is -2.20. The molecule has 3 N–H and O–H groups in total. The molecule has 0 aromatic rings. The molecule has 0 aliphatic heterocycles. The van der Waals surface area contributed by atoms with E-state index in [4.69, 9.17) is 24.3 Å². The van der Waals surface area contributed by atoms with E-state index in [1.807, 2.05) is 0 Å². The van der Waals surface area contributed by atoms with Crippen molar-refractivity contribution >= 4 is 13.8 Å². The summed E-state index contributed by atoms with van der Waals surface area (Å²) in [6.07, 6.45) is 55.7. The van der Waals surface area contributed by atoms with Gasteiger partial charge in [-0.15, -0.1) is 0 Å². The van der Waals surface area contributed by atoms with Crippen molar-refractivity contribution in [2.24, 2.45) is 5.73 Å². The van der Waals surface area contributed by atoms with Gasteiger partial charge in [-0.2, -0.15) is 0 Å². The molecule has 0 bridgehead atoms. The maximum absolute atomic E-state index is 12.6. The molecule has 0 radical (unpaired) electrons. The molecule has 9 heteroatoms. The van der Waals surface area contributed by atoms with Crippen LogP contribution in [0.3, 0.4) is 0 Å². The number of rotatable bonds is 46. The number of allylic oxidation sites excluding steroid dienone is 8. The average molecular weight is 838 g/mol. The summed E-state index contributed by atoms with van der Waals surface area (Å²) in [6, 6.07) is 0. The van der Waals surface area contributed by atoms with E-state index in [2.05, 4.69) is 62.5 Å². The first-order valence-electron chi connectivity index (χ1n) is 24.1. The van der Waals surface area contributed by atoms with E-state index in [1.165, 1.54) is 135 Å². The van der Waals surface area contributed by atoms with Gasteiger partial charge in [-0.1, -0.05) is 184 Å². The van der Waals surface area contributed by atoms with E-state index in [9.17, 15) is 14.3 Å². The molecule has 0 aromatic heterocycles. The van der Waals surface area contributed by atoms with Crippen LogP contribution < -0.4 is 5.73 Å². The fraction of sp³-hybridized carbons (Fsp3) is 0.816. The van der Waals surface area contributed by atoms with Crippen LogP contribution in [0.15, 0.2) is 48.6 Å². The number of hydrogen-bond donors (Lipinski definition) is 2. The first-order valence-corrected chi connectivity index (χ1v) is 25.6. The molecule has 8 nitrogen and oxygen atoms in total. The summed E-state index contributed by atoms with van der Waals surface area (Å²) < 4.78 is 33.5. The monoisotopic (exact) mass is 838 g/mol. The van der Waals surface area contributed by atoms with Gasteiger partial charge in [-0.3, -0.25) is 13.8 Å². The van der Waals surface area contributed by atoms with Gasteiger partial charge >= 0.3 is 13.8 Å². The van der Waals surface area contributed by atoms with Gasteiger partial charge in [0.25, 0.3) is 0 Å². The van der Waals surface area contributed by atoms with Gasteiger partial charge in [0.2, 0.25) is 0 Å². The summed E-state index contributed by atoms with van der Waals surface area (Å²) >= 11 is 0. The number of esters is 1. The normalized spacial score (nSPS) is 13.8. The summed E-state index contributed by atoms with van der Waals surface area (Å²) in [4.78, 5) is 22.5. The lowest BCUT2D eigenvalue weighted by Crippen LogP contribution is -2.28. The summed E-state index contributed by atoms with van der Waals surface area (Å²) in [7, 11) is -4.28. The minimum atomic E-state index is -4.28. The van der Waals surface area contributed by atoms with E-state index >= 15 is 0 Å². The number of unbranched alkanes of at least 4 members (excludes halogenated alkanes) is 25. The van der Waals surface area contributed by atoms with Crippen LogP contribution in [-0.4, -0.2) is 49.9 Å². The van der Waals surface area contributed by atoms with Crippen LogP contribution in [0.4, 0.5) is 0 Å². The van der Waals surface area contributed by atoms with Crippen molar-refractivity contribution in [1.82, 2.24) is 0 Å². The molecule has 340 valence electrons. The molecular weight excluding hydrogens is 746 g/mol. The molecule has 0 saturated heterocycles. The highest BCUT2D eigenvalue weighted by molar-refractivity contribution is 7.47. The van der Waals surface area contributed by atoms with Gasteiger partial charge in [0.1, 0.15) is 6.10 Å². The third-order valence-corrected chi connectivity index (χ3v) is 11.2. The number of hydrogen-bond acceptors (Lipinski definition) is 7. The molecule has 0 fully saturated rings. The van der Waals surface area contributed by atoms with Crippen LogP contribution in [0, 0.1) is 0 Å². The molecular formula is C49H92NO7P. The molecule has 0 amide bonds. The number of nitrogens with two attached hydrogens (primary N) is 1. The van der Waals surface area contributed by atoms with E-state index in [0.717, 1.165) is 64.2 Å². The highest BCUT2D eigenvalue weighted by Gasteiger charge is 2.25. The zero-order valence-electron chi connectivity index (χ0n) is 37.8. The second-order valence-corrected chi connectivity index (χ2v) is 17.4. The van der Waals surface area contributed by atoms with Crippen molar-refractivity contribution < 1.29 is 32.8 Å². The molecule has 2 unspecified atom stereocenters. The Morgan fingerprint density at radius 2 is 0.914 bits per heavy atom. The third-order valence-electron chi connectivity index (χ3n) is 10.2. The topological polar surface area (TPSA) is 117 Å². The summed E-state index contributed by atoms with van der Waals surface area (Å²) in [5, 5.41) is 0. The third kappa shape index (κ3) is 45.5. The molecule has 0 spiro atoms. The van der Waals surface area contributed by atoms with Crippen molar-refractivity contribution in [2.75, 3.05) is 33.0 Å². The van der Waals surface area contributed by atoms with Crippen molar-refractivity contribution in [1.29, 1.82) is 0 Å². The Morgan fingerprint density at radius 1 is 0.517 bits per heavy atom. The molecule has 0 rings (SSSR count). The minimum Gasteiger partial charge on any atom is -0.457 e. The standard InChI is InChI=1S/C49H92NO7P/c1-3-5-7-9-11-13-15-17-19-20-21-22-23-24-25-26-27-29-31-33-35-37-39-41-44-54-46-48(47-56-58(52,53)55-45-43-50)57-49(51)42-40-38-36-34-32-30-28-18-16-14-12-10-8-6-4-2/h12,14-15,17-18,20-21,28,48H,3-11,13,16,19,22-27,29-47,50H2,1-2H3,(H,52,53)/b14-12-,17-15-,21-20-,28-18-. The largest absolute Gasteiger partial charge is 0.472 e. The van der Waals surface area contributed by atoms with E-state index in [1.54, 1.807) is 0 Å². The summed E-state index contributed by atoms with van der Waals surface area (Å²) in [5.41, 5.74) is 5.38.